The number of nitrogens with zero attached hydrogens (tertiary/aromatic N) is 4. The van der Waals surface area contributed by atoms with Crippen molar-refractivity contribution in [2.45, 2.75) is 31.5 Å². The summed E-state index contributed by atoms with van der Waals surface area (Å²) in [7, 11) is 1.59. The molecule has 4 rings (SSSR count). The molecule has 0 aliphatic carbocycles. The zero-order valence-corrected chi connectivity index (χ0v) is 15.9. The molecule has 0 saturated carbocycles. The quantitative estimate of drug-likeness (QED) is 0.573. The Labute approximate surface area is 161 Å². The zero-order chi connectivity index (χ0) is 19.0. The fraction of sp³-hybridized carbons (Fsp3) is 0.368. The van der Waals surface area contributed by atoms with Gasteiger partial charge in [-0.3, -0.25) is 20.1 Å². The number of pyridine rings is 1. The molecular formula is C19H20N4O3S. The topological polar surface area (TPSA) is 80.9 Å². The van der Waals surface area contributed by atoms with Crippen LogP contribution in [0.25, 0.3) is 0 Å². The first-order valence-corrected chi connectivity index (χ1v) is 9.84. The number of benzene rings is 1. The second-order valence-corrected chi connectivity index (χ2v) is 7.51. The number of hydrogen-bond acceptors (Lipinski definition) is 7. The molecule has 0 amide bonds. The lowest BCUT2D eigenvalue weighted by atomic mass is 9.94. The van der Waals surface area contributed by atoms with Gasteiger partial charge in [0.15, 0.2) is 5.17 Å². The van der Waals surface area contributed by atoms with Crippen molar-refractivity contribution in [1.82, 2.24) is 9.88 Å². The van der Waals surface area contributed by atoms with Crippen LogP contribution in [0.3, 0.4) is 0 Å². The highest BCUT2D eigenvalue weighted by atomic mass is 32.2. The van der Waals surface area contributed by atoms with Crippen LogP contribution >= 0.6 is 11.8 Å². The van der Waals surface area contributed by atoms with E-state index in [0.717, 1.165) is 28.6 Å². The molecule has 7 nitrogen and oxygen atoms in total. The van der Waals surface area contributed by atoms with Crippen molar-refractivity contribution in [1.29, 1.82) is 0 Å². The molecule has 0 bridgehead atoms. The lowest BCUT2D eigenvalue weighted by molar-refractivity contribution is -0.385. The summed E-state index contributed by atoms with van der Waals surface area (Å²) >= 11 is 1.74. The summed E-state index contributed by atoms with van der Waals surface area (Å²) < 4.78 is 5.57. The van der Waals surface area contributed by atoms with Crippen molar-refractivity contribution in [3.05, 3.63) is 64.0 Å². The van der Waals surface area contributed by atoms with Gasteiger partial charge in [-0.2, -0.15) is 0 Å². The summed E-state index contributed by atoms with van der Waals surface area (Å²) in [4.78, 5) is 22.8. The number of methoxy groups -OCH3 is 1. The van der Waals surface area contributed by atoms with E-state index in [-0.39, 0.29) is 22.7 Å². The summed E-state index contributed by atoms with van der Waals surface area (Å²) in [5, 5.41) is 12.4. The Balaban J connectivity index is 1.87. The van der Waals surface area contributed by atoms with Gasteiger partial charge < -0.3 is 9.64 Å². The molecule has 0 spiro atoms. The van der Waals surface area contributed by atoms with Crippen molar-refractivity contribution in [2.75, 3.05) is 12.9 Å². The number of non-ortho nitro benzene ring substituents is 1. The number of nitro benzene ring substituents is 1. The summed E-state index contributed by atoms with van der Waals surface area (Å²) in [6, 6.07) is 10.5. The minimum absolute atomic E-state index is 0.0546. The second kappa shape index (κ2) is 7.19. The standard InChI is InChI=1S/C19H20N4O3S/c1-3-12-11-27-19-21-17(15-6-4-5-9-20-15)18(22(12)19)14-10-13(23(24)25)7-8-16(14)26-2/h4-10,12,17-18H,3,11H2,1-2H3/t12-,17-,18-/m1/s1. The van der Waals surface area contributed by atoms with E-state index in [1.807, 2.05) is 18.2 Å². The molecule has 0 N–H and O–H groups in total. The van der Waals surface area contributed by atoms with Crippen LogP contribution in [0, 0.1) is 10.1 Å². The van der Waals surface area contributed by atoms with Crippen molar-refractivity contribution in [2.24, 2.45) is 4.99 Å². The van der Waals surface area contributed by atoms with E-state index in [2.05, 4.69) is 16.8 Å². The fourth-order valence-corrected chi connectivity index (χ4v) is 5.09. The monoisotopic (exact) mass is 384 g/mol. The van der Waals surface area contributed by atoms with Crippen LogP contribution in [-0.4, -0.2) is 38.9 Å². The smallest absolute Gasteiger partial charge is 0.270 e. The van der Waals surface area contributed by atoms with E-state index in [1.54, 1.807) is 37.2 Å². The molecule has 1 aromatic heterocycles. The molecule has 3 atom stereocenters. The number of thioether (sulfide) groups is 1. The predicted octanol–water partition coefficient (Wildman–Crippen LogP) is 3.98. The largest absolute Gasteiger partial charge is 0.496 e. The molecule has 8 heteroatoms. The molecule has 0 radical (unpaired) electrons. The van der Waals surface area contributed by atoms with Crippen LogP contribution in [0.1, 0.15) is 36.7 Å². The van der Waals surface area contributed by atoms with Crippen LogP contribution < -0.4 is 4.74 Å². The Hall–Kier alpha value is -2.61. The van der Waals surface area contributed by atoms with E-state index in [4.69, 9.17) is 9.73 Å². The van der Waals surface area contributed by atoms with Crippen LogP contribution in [-0.2, 0) is 0 Å². The maximum absolute atomic E-state index is 11.4. The molecule has 1 saturated heterocycles. The van der Waals surface area contributed by atoms with Gasteiger partial charge in [0, 0.05) is 35.7 Å². The highest BCUT2D eigenvalue weighted by Crippen LogP contribution is 2.50. The molecule has 2 aromatic rings. The van der Waals surface area contributed by atoms with Gasteiger partial charge in [-0.25, -0.2) is 0 Å². The first-order valence-electron chi connectivity index (χ1n) is 8.86. The minimum Gasteiger partial charge on any atom is -0.496 e. The zero-order valence-electron chi connectivity index (χ0n) is 15.1. The van der Waals surface area contributed by atoms with Gasteiger partial charge in [-0.05, 0) is 24.6 Å². The van der Waals surface area contributed by atoms with Crippen LogP contribution in [0.2, 0.25) is 0 Å². The van der Waals surface area contributed by atoms with E-state index < -0.39 is 0 Å². The molecule has 0 unspecified atom stereocenters. The maximum Gasteiger partial charge on any atom is 0.270 e. The Morgan fingerprint density at radius 2 is 2.22 bits per heavy atom. The van der Waals surface area contributed by atoms with Crippen molar-refractivity contribution < 1.29 is 9.66 Å². The molecule has 1 aromatic carbocycles. The first-order chi connectivity index (χ1) is 13.1. The van der Waals surface area contributed by atoms with Crippen molar-refractivity contribution in [3.63, 3.8) is 0 Å². The Morgan fingerprint density at radius 1 is 1.37 bits per heavy atom. The van der Waals surface area contributed by atoms with Gasteiger partial charge in [0.25, 0.3) is 5.69 Å². The predicted molar refractivity (Wildman–Crippen MR) is 105 cm³/mol. The molecule has 2 aliphatic rings. The summed E-state index contributed by atoms with van der Waals surface area (Å²) in [5.74, 6) is 1.60. The number of amidine groups is 1. The molecule has 140 valence electrons. The van der Waals surface area contributed by atoms with Crippen LogP contribution in [0.5, 0.6) is 5.75 Å². The minimum atomic E-state index is -0.370. The molecular weight excluding hydrogens is 364 g/mol. The summed E-state index contributed by atoms with van der Waals surface area (Å²) in [6.07, 6.45) is 2.74. The van der Waals surface area contributed by atoms with Gasteiger partial charge in [0.2, 0.25) is 0 Å². The average molecular weight is 384 g/mol. The number of aliphatic imine (C=N–C) groups is 1. The summed E-state index contributed by atoms with van der Waals surface area (Å²) in [6.45, 7) is 2.16. The SMILES string of the molecule is CC[C@@H]1CSC2=N[C@H](c3ccccn3)[C@@H](c3cc([N+](=O)[O-])ccc3OC)N21. The molecule has 27 heavy (non-hydrogen) atoms. The van der Waals surface area contributed by atoms with Gasteiger partial charge in [0.1, 0.15) is 11.8 Å². The highest BCUT2D eigenvalue weighted by Gasteiger charge is 2.46. The highest BCUT2D eigenvalue weighted by molar-refractivity contribution is 8.14. The number of aromatic nitrogens is 1. The molecule has 2 aliphatic heterocycles. The lowest BCUT2D eigenvalue weighted by Gasteiger charge is -2.32. The van der Waals surface area contributed by atoms with Crippen molar-refractivity contribution in [3.8, 4) is 5.75 Å². The van der Waals surface area contributed by atoms with E-state index in [0.29, 0.717) is 11.8 Å². The summed E-state index contributed by atoms with van der Waals surface area (Å²) in [5.41, 5.74) is 1.69. The second-order valence-electron chi connectivity index (χ2n) is 6.52. The van der Waals surface area contributed by atoms with Gasteiger partial charge in [-0.15, -0.1) is 0 Å². The van der Waals surface area contributed by atoms with E-state index in [1.165, 1.54) is 6.07 Å². The average Bonchev–Trinajstić information content (AvgIpc) is 3.27. The van der Waals surface area contributed by atoms with E-state index >= 15 is 0 Å². The fourth-order valence-electron chi connectivity index (χ4n) is 3.75. The number of ether oxygens (including phenoxy) is 1. The number of nitro groups is 1. The number of hydrogen-bond donors (Lipinski definition) is 0. The lowest BCUT2D eigenvalue weighted by Crippen LogP contribution is -2.35. The Bertz CT molecular complexity index is 890. The van der Waals surface area contributed by atoms with E-state index in [9.17, 15) is 10.1 Å². The molecule has 3 heterocycles. The van der Waals surface area contributed by atoms with Gasteiger partial charge >= 0.3 is 0 Å². The van der Waals surface area contributed by atoms with Crippen LogP contribution in [0.4, 0.5) is 5.69 Å². The Kier molecular flexibility index (Phi) is 4.73. The third-order valence-electron chi connectivity index (χ3n) is 5.07. The van der Waals surface area contributed by atoms with Crippen molar-refractivity contribution >= 4 is 22.6 Å². The number of rotatable bonds is 5. The third kappa shape index (κ3) is 3.03. The third-order valence-corrected chi connectivity index (χ3v) is 6.20. The number of fused-ring (bicyclic) bond motifs is 1. The van der Waals surface area contributed by atoms with Crippen LogP contribution in [0.15, 0.2) is 47.6 Å². The van der Waals surface area contributed by atoms with Gasteiger partial charge in [-0.1, -0.05) is 24.8 Å². The van der Waals surface area contributed by atoms with Gasteiger partial charge in [0.05, 0.1) is 23.8 Å². The normalized spacial score (nSPS) is 23.9. The Morgan fingerprint density at radius 3 is 2.89 bits per heavy atom. The molecule has 1 fully saturated rings. The first kappa shape index (κ1) is 17.8. The maximum atomic E-state index is 11.4.